The predicted octanol–water partition coefficient (Wildman–Crippen LogP) is 0.384. The first kappa shape index (κ1) is 24.7. The van der Waals surface area contributed by atoms with Gasteiger partial charge in [0.1, 0.15) is 0 Å². The molecule has 2 aromatic rings. The SMILES string of the molecule is CC(C)c1cccc(NC(=O)[N-]S(=O)(=O)N(c2cnn(C)c2)C2CCOCC2)c1.[Na+]. The van der Waals surface area contributed by atoms with Crippen molar-refractivity contribution in [1.82, 2.24) is 9.78 Å². The number of aromatic nitrogens is 2. The van der Waals surface area contributed by atoms with Crippen molar-refractivity contribution in [3.63, 3.8) is 0 Å². The van der Waals surface area contributed by atoms with Gasteiger partial charge in [0.25, 0.3) is 10.2 Å². The summed E-state index contributed by atoms with van der Waals surface area (Å²) in [5.74, 6) is 0.280. The van der Waals surface area contributed by atoms with Gasteiger partial charge in [-0.2, -0.15) is 5.10 Å². The molecule has 1 aromatic heterocycles. The van der Waals surface area contributed by atoms with Crippen LogP contribution in [0.4, 0.5) is 16.2 Å². The molecule has 30 heavy (non-hydrogen) atoms. The molecule has 0 atom stereocenters. The van der Waals surface area contributed by atoms with E-state index in [4.69, 9.17) is 4.74 Å². The quantitative estimate of drug-likeness (QED) is 0.650. The number of ether oxygens (including phenoxy) is 1. The van der Waals surface area contributed by atoms with Crippen LogP contribution in [0.3, 0.4) is 0 Å². The summed E-state index contributed by atoms with van der Waals surface area (Å²) >= 11 is 0. The summed E-state index contributed by atoms with van der Waals surface area (Å²) in [6, 6.07) is 5.98. The Morgan fingerprint density at radius 3 is 2.63 bits per heavy atom. The van der Waals surface area contributed by atoms with E-state index in [1.165, 1.54) is 15.2 Å². The van der Waals surface area contributed by atoms with Gasteiger partial charge >= 0.3 is 29.6 Å². The Balaban J connectivity index is 0.00000320. The molecule has 1 saturated heterocycles. The normalized spacial score (nSPS) is 14.8. The number of urea groups is 1. The summed E-state index contributed by atoms with van der Waals surface area (Å²) < 4.78 is 37.6. The number of amides is 2. The van der Waals surface area contributed by atoms with Crippen molar-refractivity contribution < 1.29 is 47.5 Å². The van der Waals surface area contributed by atoms with Gasteiger partial charge in [-0.25, -0.2) is 8.42 Å². The fraction of sp³-hybridized carbons (Fsp3) is 0.474. The molecule has 0 aliphatic carbocycles. The summed E-state index contributed by atoms with van der Waals surface area (Å²) in [6.07, 6.45) is 4.07. The Morgan fingerprint density at radius 1 is 1.33 bits per heavy atom. The van der Waals surface area contributed by atoms with Crippen molar-refractivity contribution in [3.05, 3.63) is 46.9 Å². The van der Waals surface area contributed by atoms with Gasteiger partial charge in [0, 0.05) is 32.5 Å². The molecular weight excluding hydrogens is 417 g/mol. The Kier molecular flexibility index (Phi) is 8.74. The smallest absolute Gasteiger partial charge is 0.424 e. The number of nitrogens with zero attached hydrogens (tertiary/aromatic N) is 4. The third kappa shape index (κ3) is 6.21. The molecule has 0 radical (unpaired) electrons. The van der Waals surface area contributed by atoms with E-state index in [1.807, 2.05) is 32.0 Å². The average molecular weight is 444 g/mol. The third-order valence-corrected chi connectivity index (χ3v) is 6.12. The Hall–Kier alpha value is -1.59. The van der Waals surface area contributed by atoms with Crippen molar-refractivity contribution in [3.8, 4) is 0 Å². The number of aryl methyl sites for hydroxylation is 1. The molecule has 1 fully saturated rings. The molecule has 11 heteroatoms. The molecule has 0 saturated carbocycles. The molecule has 1 aromatic carbocycles. The van der Waals surface area contributed by atoms with Crippen LogP contribution in [-0.2, 0) is 22.0 Å². The third-order valence-electron chi connectivity index (χ3n) is 4.72. The summed E-state index contributed by atoms with van der Waals surface area (Å²) in [4.78, 5) is 12.4. The minimum atomic E-state index is -4.27. The van der Waals surface area contributed by atoms with Gasteiger partial charge < -0.3 is 14.8 Å². The van der Waals surface area contributed by atoms with Crippen LogP contribution in [0.25, 0.3) is 4.72 Å². The first-order valence-corrected chi connectivity index (χ1v) is 10.9. The standard InChI is InChI=1S/C19H27N5O4S.Na/c1-14(2)15-5-4-6-16(11-15)21-19(25)22-29(26,27)24(17-7-9-28-10-8-17)18-12-20-23(3)13-18;/h4-6,11-14,17H,7-10H2,1-3H3,(H2,21,22,25);/q;+1/p-1. The summed E-state index contributed by atoms with van der Waals surface area (Å²) in [6.45, 7) is 4.97. The molecule has 2 amide bonds. The molecule has 1 aliphatic rings. The van der Waals surface area contributed by atoms with E-state index in [2.05, 4.69) is 15.1 Å². The van der Waals surface area contributed by atoms with Crippen molar-refractivity contribution in [1.29, 1.82) is 0 Å². The van der Waals surface area contributed by atoms with Crippen molar-refractivity contribution in [2.24, 2.45) is 7.05 Å². The molecule has 1 aliphatic heterocycles. The summed E-state index contributed by atoms with van der Waals surface area (Å²) in [5.41, 5.74) is 1.90. The minimum Gasteiger partial charge on any atom is -0.424 e. The fourth-order valence-electron chi connectivity index (χ4n) is 3.24. The minimum absolute atomic E-state index is 0. The van der Waals surface area contributed by atoms with E-state index < -0.39 is 16.2 Å². The average Bonchev–Trinajstić information content (AvgIpc) is 3.07. The number of hydrogen-bond donors (Lipinski definition) is 1. The van der Waals surface area contributed by atoms with Crippen molar-refractivity contribution in [2.75, 3.05) is 22.8 Å². The van der Waals surface area contributed by atoms with Crippen molar-refractivity contribution >= 4 is 27.6 Å². The number of hydrogen-bond acceptors (Lipinski definition) is 5. The zero-order valence-electron chi connectivity index (χ0n) is 17.8. The zero-order chi connectivity index (χ0) is 21.0. The molecule has 2 heterocycles. The van der Waals surface area contributed by atoms with Gasteiger partial charge in [0.05, 0.1) is 11.9 Å². The number of nitrogens with one attached hydrogen (secondary N) is 1. The van der Waals surface area contributed by atoms with E-state index in [0.29, 0.717) is 37.4 Å². The second-order valence-electron chi connectivity index (χ2n) is 7.29. The molecule has 9 nitrogen and oxygen atoms in total. The number of carbonyl (C=O) groups is 1. The van der Waals surface area contributed by atoms with E-state index in [-0.39, 0.29) is 41.5 Å². The molecule has 0 unspecified atom stereocenters. The first-order chi connectivity index (χ1) is 13.8. The van der Waals surface area contributed by atoms with Crippen LogP contribution in [0, 0.1) is 0 Å². The van der Waals surface area contributed by atoms with Gasteiger partial charge in [-0.3, -0.25) is 13.8 Å². The number of anilines is 2. The van der Waals surface area contributed by atoms with Crippen LogP contribution in [0.2, 0.25) is 0 Å². The van der Waals surface area contributed by atoms with Crippen LogP contribution < -0.4 is 39.2 Å². The molecule has 158 valence electrons. The molecule has 0 spiro atoms. The second-order valence-corrected chi connectivity index (χ2v) is 8.76. The maximum absolute atomic E-state index is 13.0. The Bertz CT molecular complexity index is 957. The second kappa shape index (κ2) is 10.6. The molecule has 3 rings (SSSR count). The molecular formula is C19H26N5NaO4S. The first-order valence-electron chi connectivity index (χ1n) is 9.51. The van der Waals surface area contributed by atoms with Gasteiger partial charge in [0.15, 0.2) is 6.03 Å². The number of rotatable bonds is 6. The number of carbonyl (C=O) groups excluding carboxylic acids is 1. The summed E-state index contributed by atoms with van der Waals surface area (Å²) in [5, 5.41) is 6.61. The van der Waals surface area contributed by atoms with E-state index in [9.17, 15) is 13.2 Å². The van der Waals surface area contributed by atoms with E-state index in [0.717, 1.165) is 5.56 Å². The van der Waals surface area contributed by atoms with Crippen LogP contribution in [-0.4, -0.2) is 43.5 Å². The van der Waals surface area contributed by atoms with Crippen LogP contribution in [0.15, 0.2) is 36.7 Å². The number of benzene rings is 1. The largest absolute Gasteiger partial charge is 1.00 e. The molecule has 0 bridgehead atoms. The van der Waals surface area contributed by atoms with Gasteiger partial charge in [-0.05, 0) is 30.0 Å². The van der Waals surface area contributed by atoms with Crippen LogP contribution in [0.1, 0.15) is 38.2 Å². The van der Waals surface area contributed by atoms with E-state index >= 15 is 0 Å². The monoisotopic (exact) mass is 443 g/mol. The zero-order valence-corrected chi connectivity index (χ0v) is 20.6. The van der Waals surface area contributed by atoms with Gasteiger partial charge in [-0.15, -0.1) is 0 Å². The van der Waals surface area contributed by atoms with Crippen LogP contribution >= 0.6 is 0 Å². The fourth-order valence-corrected chi connectivity index (χ4v) is 4.54. The predicted molar refractivity (Wildman–Crippen MR) is 111 cm³/mol. The van der Waals surface area contributed by atoms with Crippen LogP contribution in [0.5, 0.6) is 0 Å². The molecule has 1 N–H and O–H groups in total. The van der Waals surface area contributed by atoms with Gasteiger partial charge in [-0.1, -0.05) is 38.1 Å². The summed E-state index contributed by atoms with van der Waals surface area (Å²) in [7, 11) is -2.57. The topological polar surface area (TPSA) is 108 Å². The van der Waals surface area contributed by atoms with E-state index in [1.54, 1.807) is 19.3 Å². The maximum atomic E-state index is 13.0. The van der Waals surface area contributed by atoms with Gasteiger partial charge in [0.2, 0.25) is 0 Å². The Labute approximate surface area is 199 Å². The Morgan fingerprint density at radius 2 is 2.03 bits per heavy atom. The maximum Gasteiger partial charge on any atom is 1.00 e. The van der Waals surface area contributed by atoms with Crippen molar-refractivity contribution in [2.45, 2.75) is 38.6 Å².